The lowest BCUT2D eigenvalue weighted by atomic mass is 10.1. The molecule has 0 fully saturated rings. The number of nitrogens with two attached hydrogens (primary N) is 1. The van der Waals surface area contributed by atoms with Crippen LogP contribution in [0.15, 0.2) is 87.5 Å². The number of anilines is 1. The van der Waals surface area contributed by atoms with E-state index >= 15 is 0 Å². The SMILES string of the molecule is CC(C)NCc1cc(NCc2ccccc2)c(Sc2ccccc2)c(S(N)(=O)=O)c1. The smallest absolute Gasteiger partial charge is 0.239 e. The molecule has 0 radical (unpaired) electrons. The van der Waals surface area contributed by atoms with Crippen molar-refractivity contribution >= 4 is 27.5 Å². The minimum absolute atomic E-state index is 0.134. The van der Waals surface area contributed by atoms with Crippen LogP contribution in [-0.2, 0) is 23.1 Å². The molecule has 30 heavy (non-hydrogen) atoms. The molecule has 158 valence electrons. The Balaban J connectivity index is 2.04. The van der Waals surface area contributed by atoms with Crippen molar-refractivity contribution in [3.05, 3.63) is 83.9 Å². The van der Waals surface area contributed by atoms with Crippen LogP contribution in [0.2, 0.25) is 0 Å². The lowest BCUT2D eigenvalue weighted by molar-refractivity contribution is 0.585. The van der Waals surface area contributed by atoms with Crippen molar-refractivity contribution < 1.29 is 8.42 Å². The fraction of sp³-hybridized carbons (Fsp3) is 0.217. The lowest BCUT2D eigenvalue weighted by Crippen LogP contribution is -2.22. The number of benzene rings is 3. The second kappa shape index (κ2) is 10.1. The van der Waals surface area contributed by atoms with Crippen LogP contribution in [0.1, 0.15) is 25.0 Å². The molecule has 0 saturated carbocycles. The maximum atomic E-state index is 12.5. The summed E-state index contributed by atoms with van der Waals surface area (Å²) in [6.07, 6.45) is 0. The first-order valence-electron chi connectivity index (χ1n) is 9.77. The van der Waals surface area contributed by atoms with E-state index in [1.54, 1.807) is 6.07 Å². The monoisotopic (exact) mass is 441 g/mol. The molecule has 0 aliphatic carbocycles. The van der Waals surface area contributed by atoms with Crippen LogP contribution in [0.3, 0.4) is 0 Å². The zero-order chi connectivity index (χ0) is 21.6. The highest BCUT2D eigenvalue weighted by Crippen LogP contribution is 2.39. The normalized spacial score (nSPS) is 11.6. The molecule has 4 N–H and O–H groups in total. The highest BCUT2D eigenvalue weighted by Gasteiger charge is 2.20. The van der Waals surface area contributed by atoms with Gasteiger partial charge in [-0.2, -0.15) is 0 Å². The summed E-state index contributed by atoms with van der Waals surface area (Å²) >= 11 is 1.39. The molecule has 7 heteroatoms. The number of rotatable bonds is 9. The second-order valence-electron chi connectivity index (χ2n) is 7.31. The van der Waals surface area contributed by atoms with Gasteiger partial charge in [0.2, 0.25) is 10.0 Å². The highest BCUT2D eigenvalue weighted by atomic mass is 32.2. The minimum atomic E-state index is -3.91. The van der Waals surface area contributed by atoms with E-state index in [0.29, 0.717) is 18.0 Å². The Morgan fingerprint density at radius 2 is 1.53 bits per heavy atom. The first-order chi connectivity index (χ1) is 14.3. The number of primary sulfonamides is 1. The summed E-state index contributed by atoms with van der Waals surface area (Å²) in [5.74, 6) is 0. The van der Waals surface area contributed by atoms with Crippen molar-refractivity contribution in [2.45, 2.75) is 47.7 Å². The predicted octanol–water partition coefficient (Wildman–Crippen LogP) is 4.60. The molecule has 0 aromatic heterocycles. The van der Waals surface area contributed by atoms with Crippen molar-refractivity contribution in [1.82, 2.24) is 5.32 Å². The van der Waals surface area contributed by atoms with Gasteiger partial charge in [0.25, 0.3) is 0 Å². The van der Waals surface area contributed by atoms with E-state index < -0.39 is 10.0 Å². The number of hydrogen-bond acceptors (Lipinski definition) is 5. The molecule has 0 atom stereocenters. The summed E-state index contributed by atoms with van der Waals surface area (Å²) < 4.78 is 25.0. The molecule has 0 bridgehead atoms. The Kier molecular flexibility index (Phi) is 7.55. The Morgan fingerprint density at radius 1 is 0.900 bits per heavy atom. The molecule has 0 aliphatic heterocycles. The molecule has 0 unspecified atom stereocenters. The van der Waals surface area contributed by atoms with Crippen LogP contribution >= 0.6 is 11.8 Å². The summed E-state index contributed by atoms with van der Waals surface area (Å²) in [6, 6.07) is 23.6. The van der Waals surface area contributed by atoms with Gasteiger partial charge in [-0.1, -0.05) is 74.1 Å². The summed E-state index contributed by atoms with van der Waals surface area (Å²) in [6.45, 7) is 5.23. The van der Waals surface area contributed by atoms with Gasteiger partial charge in [0.1, 0.15) is 0 Å². The zero-order valence-electron chi connectivity index (χ0n) is 17.1. The maximum absolute atomic E-state index is 12.5. The van der Waals surface area contributed by atoms with Gasteiger partial charge in [0.15, 0.2) is 0 Å². The Bertz CT molecular complexity index is 1070. The van der Waals surface area contributed by atoms with E-state index in [-0.39, 0.29) is 10.9 Å². The van der Waals surface area contributed by atoms with E-state index in [2.05, 4.69) is 24.5 Å². The summed E-state index contributed by atoms with van der Waals surface area (Å²) in [5, 5.41) is 12.4. The summed E-state index contributed by atoms with van der Waals surface area (Å²) in [4.78, 5) is 1.68. The van der Waals surface area contributed by atoms with Crippen LogP contribution in [-0.4, -0.2) is 14.5 Å². The van der Waals surface area contributed by atoms with Gasteiger partial charge in [-0.3, -0.25) is 0 Å². The van der Waals surface area contributed by atoms with Gasteiger partial charge >= 0.3 is 0 Å². The Labute approximate surface area is 183 Å². The molecule has 3 rings (SSSR count). The van der Waals surface area contributed by atoms with Gasteiger partial charge in [-0.25, -0.2) is 13.6 Å². The van der Waals surface area contributed by atoms with E-state index in [1.165, 1.54) is 11.8 Å². The largest absolute Gasteiger partial charge is 0.380 e. The molecule has 0 aliphatic rings. The summed E-state index contributed by atoms with van der Waals surface area (Å²) in [7, 11) is -3.91. The molecule has 5 nitrogen and oxygen atoms in total. The maximum Gasteiger partial charge on any atom is 0.239 e. The van der Waals surface area contributed by atoms with Crippen LogP contribution < -0.4 is 15.8 Å². The van der Waals surface area contributed by atoms with Gasteiger partial charge in [0.05, 0.1) is 15.5 Å². The lowest BCUT2D eigenvalue weighted by Gasteiger charge is -2.18. The first-order valence-corrected chi connectivity index (χ1v) is 12.1. The first kappa shape index (κ1) is 22.4. The molecule has 0 spiro atoms. The molecule has 0 amide bonds. The van der Waals surface area contributed by atoms with Crippen LogP contribution in [0.25, 0.3) is 0 Å². The second-order valence-corrected chi connectivity index (χ2v) is 9.92. The average Bonchev–Trinajstić information content (AvgIpc) is 2.72. The Morgan fingerprint density at radius 3 is 2.13 bits per heavy atom. The van der Waals surface area contributed by atoms with E-state index in [0.717, 1.165) is 21.7 Å². The van der Waals surface area contributed by atoms with Crippen molar-refractivity contribution in [3.63, 3.8) is 0 Å². The van der Waals surface area contributed by atoms with Crippen LogP contribution in [0, 0.1) is 0 Å². The third kappa shape index (κ3) is 6.34. The topological polar surface area (TPSA) is 84.2 Å². The molecule has 3 aromatic rings. The van der Waals surface area contributed by atoms with Gasteiger partial charge in [0, 0.05) is 24.0 Å². The van der Waals surface area contributed by atoms with Crippen LogP contribution in [0.4, 0.5) is 5.69 Å². The van der Waals surface area contributed by atoms with Gasteiger partial charge in [-0.05, 0) is 35.4 Å². The average molecular weight is 442 g/mol. The fourth-order valence-corrected chi connectivity index (χ4v) is 5.02. The van der Waals surface area contributed by atoms with Gasteiger partial charge < -0.3 is 10.6 Å². The quantitative estimate of drug-likeness (QED) is 0.452. The third-order valence-electron chi connectivity index (χ3n) is 4.42. The molecular weight excluding hydrogens is 414 g/mol. The fourth-order valence-electron chi connectivity index (χ4n) is 2.93. The molecule has 3 aromatic carbocycles. The molecule has 0 heterocycles. The highest BCUT2D eigenvalue weighted by molar-refractivity contribution is 8.00. The Hall–Kier alpha value is -2.32. The summed E-state index contributed by atoms with van der Waals surface area (Å²) in [5.41, 5.74) is 2.72. The number of nitrogens with one attached hydrogen (secondary N) is 2. The molecule has 0 saturated heterocycles. The number of sulfonamides is 1. The van der Waals surface area contributed by atoms with Crippen molar-refractivity contribution in [2.24, 2.45) is 5.14 Å². The van der Waals surface area contributed by atoms with Crippen molar-refractivity contribution in [3.8, 4) is 0 Å². The van der Waals surface area contributed by atoms with E-state index in [1.807, 2.05) is 66.7 Å². The van der Waals surface area contributed by atoms with E-state index in [4.69, 9.17) is 5.14 Å². The van der Waals surface area contributed by atoms with Crippen LogP contribution in [0.5, 0.6) is 0 Å². The van der Waals surface area contributed by atoms with Gasteiger partial charge in [-0.15, -0.1) is 0 Å². The zero-order valence-corrected chi connectivity index (χ0v) is 18.8. The van der Waals surface area contributed by atoms with Crippen molar-refractivity contribution in [2.75, 3.05) is 5.32 Å². The predicted molar refractivity (Wildman–Crippen MR) is 124 cm³/mol. The van der Waals surface area contributed by atoms with Crippen molar-refractivity contribution in [1.29, 1.82) is 0 Å². The van der Waals surface area contributed by atoms with E-state index in [9.17, 15) is 8.42 Å². The number of hydrogen-bond donors (Lipinski definition) is 3. The standard InChI is InChI=1S/C23H27N3O2S2/c1-17(2)25-16-19-13-21(26-15-18-9-5-3-6-10-18)23(22(14-19)30(24,27)28)29-20-11-7-4-8-12-20/h3-14,17,25-26H,15-16H2,1-2H3,(H2,24,27,28). The third-order valence-corrected chi connectivity index (χ3v) is 6.64. The molecular formula is C23H27N3O2S2. The minimum Gasteiger partial charge on any atom is -0.380 e.